The molecule has 0 unspecified atom stereocenters. The first kappa shape index (κ1) is 13.5. The topological polar surface area (TPSA) is 83.5 Å². The summed E-state index contributed by atoms with van der Waals surface area (Å²) in [4.78, 5) is 10.7. The number of carbonyl (C=O) groups is 1. The van der Waals surface area contributed by atoms with Crippen LogP contribution in [0.1, 0.15) is 6.92 Å². The molecule has 0 aromatic heterocycles. The van der Waals surface area contributed by atoms with Crippen LogP contribution in [0.5, 0.6) is 0 Å². The molecule has 2 aromatic carbocycles. The van der Waals surface area contributed by atoms with Gasteiger partial charge in [-0.3, -0.25) is 4.79 Å². The molecule has 100 valence electrons. The number of benzene rings is 2. The fourth-order valence-corrected chi connectivity index (χ4v) is 2.92. The van der Waals surface area contributed by atoms with Gasteiger partial charge in [0.15, 0.2) is 0 Å². The lowest BCUT2D eigenvalue weighted by atomic mass is 10.1. The maximum atomic E-state index is 12.0. The van der Waals surface area contributed by atoms with Gasteiger partial charge in [-0.15, -0.1) is 0 Å². The number of carboxylic acids is 1. The number of carboxylic acid groups (broad SMARTS) is 1. The Morgan fingerprint density at radius 3 is 2.42 bits per heavy atom. The van der Waals surface area contributed by atoms with Crippen molar-refractivity contribution in [3.8, 4) is 0 Å². The third-order valence-electron chi connectivity index (χ3n) is 2.73. The molecule has 0 amide bonds. The Bertz CT molecular complexity index is 724. The summed E-state index contributed by atoms with van der Waals surface area (Å²) in [5.41, 5.74) is 0. The van der Waals surface area contributed by atoms with Gasteiger partial charge in [0.2, 0.25) is 10.0 Å². The lowest BCUT2D eigenvalue weighted by Crippen LogP contribution is -2.38. The van der Waals surface area contributed by atoms with E-state index in [2.05, 4.69) is 4.72 Å². The molecule has 0 spiro atoms. The van der Waals surface area contributed by atoms with E-state index in [0.29, 0.717) is 0 Å². The smallest absolute Gasteiger partial charge is 0.321 e. The van der Waals surface area contributed by atoms with E-state index in [4.69, 9.17) is 5.11 Å². The fourth-order valence-electron chi connectivity index (χ4n) is 1.69. The molecule has 0 saturated heterocycles. The first-order chi connectivity index (χ1) is 8.90. The third kappa shape index (κ3) is 2.91. The van der Waals surface area contributed by atoms with Crippen LogP contribution in [0.15, 0.2) is 47.4 Å². The lowest BCUT2D eigenvalue weighted by molar-refractivity contribution is -0.138. The Kier molecular flexibility index (Phi) is 3.55. The minimum absolute atomic E-state index is 0.0549. The summed E-state index contributed by atoms with van der Waals surface area (Å²) in [6.45, 7) is 1.28. The van der Waals surface area contributed by atoms with Crippen molar-refractivity contribution in [1.82, 2.24) is 4.72 Å². The molecule has 0 aliphatic rings. The highest BCUT2D eigenvalue weighted by Gasteiger charge is 2.21. The standard InChI is InChI=1S/C13H13NO4S/c1-9(13(15)16)14-19(17,18)12-7-6-10-4-2-3-5-11(10)8-12/h2-9,14H,1H3,(H,15,16)/t9-/m0/s1. The van der Waals surface area contributed by atoms with Crippen LogP contribution in [-0.2, 0) is 14.8 Å². The molecule has 0 saturated carbocycles. The van der Waals surface area contributed by atoms with E-state index in [1.54, 1.807) is 12.1 Å². The normalized spacial score (nSPS) is 13.3. The molecule has 6 heteroatoms. The number of sulfonamides is 1. The van der Waals surface area contributed by atoms with E-state index >= 15 is 0 Å². The largest absolute Gasteiger partial charge is 0.480 e. The van der Waals surface area contributed by atoms with E-state index in [1.165, 1.54) is 19.1 Å². The van der Waals surface area contributed by atoms with Crippen LogP contribution < -0.4 is 4.72 Å². The number of hydrogen-bond acceptors (Lipinski definition) is 3. The summed E-state index contributed by atoms with van der Waals surface area (Å²) < 4.78 is 26.1. The minimum Gasteiger partial charge on any atom is -0.480 e. The van der Waals surface area contributed by atoms with Crippen LogP contribution >= 0.6 is 0 Å². The molecule has 0 fully saturated rings. The highest BCUT2D eigenvalue weighted by Crippen LogP contribution is 2.18. The zero-order valence-electron chi connectivity index (χ0n) is 10.2. The molecule has 0 aliphatic heterocycles. The highest BCUT2D eigenvalue weighted by molar-refractivity contribution is 7.89. The van der Waals surface area contributed by atoms with Gasteiger partial charge in [0.25, 0.3) is 0 Å². The van der Waals surface area contributed by atoms with Gasteiger partial charge in [-0.25, -0.2) is 8.42 Å². The molecule has 1 atom stereocenters. The summed E-state index contributed by atoms with van der Waals surface area (Å²) in [6.07, 6.45) is 0. The Balaban J connectivity index is 2.40. The molecule has 19 heavy (non-hydrogen) atoms. The van der Waals surface area contributed by atoms with E-state index < -0.39 is 22.0 Å². The van der Waals surface area contributed by atoms with E-state index in [0.717, 1.165) is 10.8 Å². The van der Waals surface area contributed by atoms with Gasteiger partial charge in [-0.2, -0.15) is 4.72 Å². The van der Waals surface area contributed by atoms with Crippen molar-refractivity contribution < 1.29 is 18.3 Å². The summed E-state index contributed by atoms with van der Waals surface area (Å²) >= 11 is 0. The highest BCUT2D eigenvalue weighted by atomic mass is 32.2. The van der Waals surface area contributed by atoms with Crippen molar-refractivity contribution in [2.24, 2.45) is 0 Å². The number of nitrogens with one attached hydrogen (secondary N) is 1. The summed E-state index contributed by atoms with van der Waals surface area (Å²) in [5, 5.41) is 10.4. The Hall–Kier alpha value is -1.92. The first-order valence-electron chi connectivity index (χ1n) is 5.64. The maximum absolute atomic E-state index is 12.0. The van der Waals surface area contributed by atoms with Crippen LogP contribution in [0, 0.1) is 0 Å². The van der Waals surface area contributed by atoms with E-state index in [1.807, 2.05) is 18.2 Å². The second-order valence-corrected chi connectivity index (χ2v) is 5.90. The number of aliphatic carboxylic acids is 1. The number of hydrogen-bond donors (Lipinski definition) is 2. The SMILES string of the molecule is C[C@H](NS(=O)(=O)c1ccc2ccccc2c1)C(=O)O. The van der Waals surface area contributed by atoms with Crippen molar-refractivity contribution in [3.05, 3.63) is 42.5 Å². The average molecular weight is 279 g/mol. The van der Waals surface area contributed by atoms with Gasteiger partial charge in [-0.1, -0.05) is 30.3 Å². The van der Waals surface area contributed by atoms with Crippen LogP contribution in [0.3, 0.4) is 0 Å². The summed E-state index contributed by atoms with van der Waals surface area (Å²) in [7, 11) is -3.83. The zero-order valence-corrected chi connectivity index (χ0v) is 11.0. The molecular formula is C13H13NO4S. The maximum Gasteiger partial charge on any atom is 0.321 e. The molecule has 0 heterocycles. The van der Waals surface area contributed by atoms with Gasteiger partial charge in [0.1, 0.15) is 6.04 Å². The van der Waals surface area contributed by atoms with Crippen LogP contribution in [-0.4, -0.2) is 25.5 Å². The van der Waals surface area contributed by atoms with Crippen LogP contribution in [0.4, 0.5) is 0 Å². The van der Waals surface area contributed by atoms with Crippen molar-refractivity contribution in [2.75, 3.05) is 0 Å². The zero-order chi connectivity index (χ0) is 14.0. The molecule has 0 radical (unpaired) electrons. The molecular weight excluding hydrogens is 266 g/mol. The first-order valence-corrected chi connectivity index (χ1v) is 7.12. The van der Waals surface area contributed by atoms with Crippen molar-refractivity contribution >= 4 is 26.8 Å². The van der Waals surface area contributed by atoms with Gasteiger partial charge < -0.3 is 5.11 Å². The Morgan fingerprint density at radius 1 is 1.16 bits per heavy atom. The average Bonchev–Trinajstić information content (AvgIpc) is 2.37. The predicted molar refractivity (Wildman–Crippen MR) is 71.4 cm³/mol. The minimum atomic E-state index is -3.83. The predicted octanol–water partition coefficient (Wildman–Crippen LogP) is 1.59. The van der Waals surface area contributed by atoms with Gasteiger partial charge in [0.05, 0.1) is 4.90 Å². The third-order valence-corrected chi connectivity index (χ3v) is 4.27. The van der Waals surface area contributed by atoms with E-state index in [-0.39, 0.29) is 4.90 Å². The fraction of sp³-hybridized carbons (Fsp3) is 0.154. The lowest BCUT2D eigenvalue weighted by Gasteiger charge is -2.10. The number of rotatable bonds is 4. The molecule has 2 N–H and O–H groups in total. The van der Waals surface area contributed by atoms with Crippen LogP contribution in [0.2, 0.25) is 0 Å². The van der Waals surface area contributed by atoms with Gasteiger partial charge in [0, 0.05) is 0 Å². The van der Waals surface area contributed by atoms with Crippen molar-refractivity contribution in [1.29, 1.82) is 0 Å². The van der Waals surface area contributed by atoms with Gasteiger partial charge >= 0.3 is 5.97 Å². The molecule has 2 rings (SSSR count). The molecule has 5 nitrogen and oxygen atoms in total. The number of fused-ring (bicyclic) bond motifs is 1. The summed E-state index contributed by atoms with van der Waals surface area (Å²) in [6, 6.07) is 10.8. The molecule has 0 bridgehead atoms. The van der Waals surface area contributed by atoms with Crippen molar-refractivity contribution in [3.63, 3.8) is 0 Å². The van der Waals surface area contributed by atoms with Crippen molar-refractivity contribution in [2.45, 2.75) is 17.9 Å². The molecule has 0 aliphatic carbocycles. The summed E-state index contributed by atoms with van der Waals surface area (Å²) in [5.74, 6) is -1.22. The molecule has 2 aromatic rings. The second kappa shape index (κ2) is 4.99. The second-order valence-electron chi connectivity index (χ2n) is 4.19. The monoisotopic (exact) mass is 279 g/mol. The van der Waals surface area contributed by atoms with Crippen LogP contribution in [0.25, 0.3) is 10.8 Å². The van der Waals surface area contributed by atoms with Gasteiger partial charge in [-0.05, 0) is 29.8 Å². The quantitative estimate of drug-likeness (QED) is 0.890. The van der Waals surface area contributed by atoms with E-state index in [9.17, 15) is 13.2 Å². The Labute approximate surface area is 110 Å². The Morgan fingerprint density at radius 2 is 1.79 bits per heavy atom.